The Hall–Kier alpha value is -4.21. The number of nitrogens with two attached hydrogens (primary N) is 1. The van der Waals surface area contributed by atoms with Gasteiger partial charge < -0.3 is 51.6 Å². The van der Waals surface area contributed by atoms with Crippen LogP contribution >= 0.6 is 0 Å². The number of hydrogen-bond acceptors (Lipinski definition) is 8. The van der Waals surface area contributed by atoms with Crippen molar-refractivity contribution in [1.29, 1.82) is 0 Å². The van der Waals surface area contributed by atoms with Crippen LogP contribution in [0.3, 0.4) is 0 Å². The molecule has 15 nitrogen and oxygen atoms in total. The number of aliphatic hydroxyl groups is 2. The van der Waals surface area contributed by atoms with Crippen LogP contribution in [0.4, 0.5) is 4.79 Å². The van der Waals surface area contributed by atoms with Crippen LogP contribution in [0.15, 0.2) is 30.5 Å². The van der Waals surface area contributed by atoms with Crippen LogP contribution in [0.1, 0.15) is 25.8 Å². The van der Waals surface area contributed by atoms with Crippen LogP contribution in [-0.2, 0) is 30.3 Å². The molecular weight excluding hydrogens is 540 g/mol. The van der Waals surface area contributed by atoms with Gasteiger partial charge in [-0.2, -0.15) is 0 Å². The lowest BCUT2D eigenvalue weighted by atomic mass is 10.0. The lowest BCUT2D eigenvalue weighted by molar-refractivity contribution is -0.142. The maximum Gasteiger partial charge on any atom is 0.405 e. The number of nitrogens with one attached hydrogen (secondary N) is 4. The van der Waals surface area contributed by atoms with E-state index in [4.69, 9.17) is 15.6 Å². The number of aromatic amines is 1. The smallest absolute Gasteiger partial charge is 0.405 e. The van der Waals surface area contributed by atoms with Crippen molar-refractivity contribution in [3.63, 3.8) is 0 Å². The first-order valence-corrected chi connectivity index (χ1v) is 13.0. The Labute approximate surface area is 235 Å². The Bertz CT molecular complexity index is 1280. The molecule has 224 valence electrons. The molecule has 0 bridgehead atoms. The third kappa shape index (κ3) is 7.50. The van der Waals surface area contributed by atoms with Crippen LogP contribution in [0.25, 0.3) is 10.9 Å². The summed E-state index contributed by atoms with van der Waals surface area (Å²) in [6.07, 6.45) is -3.16. The van der Waals surface area contributed by atoms with E-state index in [0.717, 1.165) is 15.8 Å². The predicted octanol–water partition coefficient (Wildman–Crippen LogP) is -1.82. The molecule has 0 saturated carbocycles. The number of aromatic nitrogens is 1. The minimum atomic E-state index is -1.55. The van der Waals surface area contributed by atoms with Gasteiger partial charge in [0.15, 0.2) is 0 Å². The fraction of sp³-hybridized carbons (Fsp3) is 0.500. The maximum absolute atomic E-state index is 13.6. The summed E-state index contributed by atoms with van der Waals surface area (Å²) in [7, 11) is 1.39. The molecule has 1 fully saturated rings. The zero-order valence-corrected chi connectivity index (χ0v) is 22.9. The van der Waals surface area contributed by atoms with Crippen LogP contribution < -0.4 is 21.7 Å². The first-order chi connectivity index (χ1) is 19.3. The normalized spacial score (nSPS) is 20.5. The summed E-state index contributed by atoms with van der Waals surface area (Å²) in [5.41, 5.74) is 6.79. The number of carbonyl (C=O) groups is 5. The quantitative estimate of drug-likeness (QED) is 0.142. The predicted molar refractivity (Wildman–Crippen MR) is 144 cm³/mol. The fourth-order valence-electron chi connectivity index (χ4n) is 4.84. The largest absolute Gasteiger partial charge is 0.465 e. The fourth-order valence-corrected chi connectivity index (χ4v) is 4.84. The molecule has 1 aromatic heterocycles. The first kappa shape index (κ1) is 31.3. The van der Waals surface area contributed by atoms with Gasteiger partial charge >= 0.3 is 6.09 Å². The van der Waals surface area contributed by atoms with Crippen LogP contribution in [-0.4, -0.2) is 111 Å². The summed E-state index contributed by atoms with van der Waals surface area (Å²) in [6.45, 7) is 2.44. The highest BCUT2D eigenvalue weighted by atomic mass is 16.5. The Morgan fingerprint density at radius 2 is 1.73 bits per heavy atom. The van der Waals surface area contributed by atoms with Crippen molar-refractivity contribution in [1.82, 2.24) is 25.8 Å². The van der Waals surface area contributed by atoms with Gasteiger partial charge in [-0.15, -0.1) is 0 Å². The number of aliphatic hydroxyl groups excluding tert-OH is 2. The molecule has 2 aromatic rings. The molecular formula is C26H36N6O9. The molecule has 2 heterocycles. The second kappa shape index (κ2) is 13.4. The van der Waals surface area contributed by atoms with Crippen molar-refractivity contribution < 1.29 is 44.0 Å². The molecule has 41 heavy (non-hydrogen) atoms. The number of H-pyrrole nitrogens is 1. The van der Waals surface area contributed by atoms with Gasteiger partial charge in [-0.1, -0.05) is 18.2 Å². The minimum Gasteiger partial charge on any atom is -0.465 e. The summed E-state index contributed by atoms with van der Waals surface area (Å²) in [4.78, 5) is 67.5. The third-order valence-electron chi connectivity index (χ3n) is 7.03. The van der Waals surface area contributed by atoms with Gasteiger partial charge in [-0.05, 0) is 25.5 Å². The lowest BCUT2D eigenvalue weighted by Gasteiger charge is -2.30. The van der Waals surface area contributed by atoms with Crippen molar-refractivity contribution in [3.05, 3.63) is 36.0 Å². The van der Waals surface area contributed by atoms with E-state index in [2.05, 4.69) is 15.6 Å². The molecule has 1 aromatic carbocycles. The summed E-state index contributed by atoms with van der Waals surface area (Å²) in [6, 6.07) is 1.86. The number of rotatable bonds is 12. The first-order valence-electron chi connectivity index (χ1n) is 13.0. The van der Waals surface area contributed by atoms with E-state index in [0.29, 0.717) is 5.56 Å². The number of primary amides is 1. The van der Waals surface area contributed by atoms with Crippen LogP contribution in [0, 0.1) is 0 Å². The molecule has 1 saturated heterocycles. The van der Waals surface area contributed by atoms with Gasteiger partial charge in [-0.25, -0.2) is 4.79 Å². The molecule has 5 amide bonds. The molecule has 0 spiro atoms. The summed E-state index contributed by atoms with van der Waals surface area (Å²) < 4.78 is 5.35. The van der Waals surface area contributed by atoms with Gasteiger partial charge in [-0.3, -0.25) is 19.2 Å². The van der Waals surface area contributed by atoms with E-state index in [1.165, 1.54) is 21.0 Å². The highest BCUT2D eigenvalue weighted by molar-refractivity contribution is 5.96. The highest BCUT2D eigenvalue weighted by Crippen LogP contribution is 2.23. The van der Waals surface area contributed by atoms with Crippen LogP contribution in [0.5, 0.6) is 0 Å². The van der Waals surface area contributed by atoms with E-state index < -0.39 is 72.2 Å². The minimum absolute atomic E-state index is 0.0296. The number of methoxy groups -OCH3 is 1. The van der Waals surface area contributed by atoms with Crippen molar-refractivity contribution in [2.75, 3.05) is 13.7 Å². The SMILES string of the molecule is CO[C@@H]1C[C@@H](C(=O)N[C@@H](Cc2c[nH]c3ccccc23)C(=O)N[C@H](C(N)=O)[C@@H](C)O)N(C(=O)[C@@H](NC(=O)O)[C@@H](C)O)C1. The molecule has 0 radical (unpaired) electrons. The van der Waals surface area contributed by atoms with E-state index >= 15 is 0 Å². The van der Waals surface area contributed by atoms with Crippen molar-refractivity contribution in [2.45, 2.75) is 69.2 Å². The molecule has 0 aliphatic carbocycles. The number of carbonyl (C=O) groups excluding carboxylic acids is 4. The van der Waals surface area contributed by atoms with Crippen LogP contribution in [0.2, 0.25) is 0 Å². The third-order valence-corrected chi connectivity index (χ3v) is 7.03. The number of nitrogens with zero attached hydrogens (tertiary/aromatic N) is 1. The van der Waals surface area contributed by atoms with E-state index in [1.54, 1.807) is 12.3 Å². The topological polar surface area (TPSA) is 236 Å². The van der Waals surface area contributed by atoms with E-state index in [1.807, 2.05) is 23.5 Å². The standard InChI is InChI=1S/C26H36N6O9/c1-12(33)20(22(27)35)30-23(36)18(8-14-10-28-17-7-5-4-6-16(14)17)29-24(37)19-9-15(41-3)11-32(19)25(38)21(13(2)34)31-26(39)40/h4-7,10,12-13,15,18-21,28,31,33-34H,8-9,11H2,1-3H3,(H2,27,35)(H,29,37)(H,30,36)(H,39,40)/t12-,13-,15-,18+,19+,20+,21+/m1/s1. The molecule has 0 unspecified atom stereocenters. The van der Waals surface area contributed by atoms with E-state index in [-0.39, 0.29) is 19.4 Å². The average Bonchev–Trinajstić information content (AvgIpc) is 3.53. The molecule has 1 aliphatic heterocycles. The second-order valence-electron chi connectivity index (χ2n) is 10.0. The van der Waals surface area contributed by atoms with Gasteiger partial charge in [0.2, 0.25) is 23.6 Å². The van der Waals surface area contributed by atoms with E-state index in [9.17, 15) is 34.2 Å². The summed E-state index contributed by atoms with van der Waals surface area (Å²) in [5, 5.41) is 36.9. The lowest BCUT2D eigenvalue weighted by Crippen LogP contribution is -2.60. The average molecular weight is 577 g/mol. The van der Waals surface area contributed by atoms with Crippen molar-refractivity contribution >= 4 is 40.6 Å². The van der Waals surface area contributed by atoms with Gasteiger partial charge in [0.25, 0.3) is 0 Å². The number of likely N-dealkylation sites (tertiary alicyclic amines) is 1. The number of fused-ring (bicyclic) bond motifs is 1. The molecule has 15 heteroatoms. The monoisotopic (exact) mass is 576 g/mol. The zero-order chi connectivity index (χ0) is 30.4. The molecule has 7 atom stereocenters. The summed E-state index contributed by atoms with van der Waals surface area (Å²) >= 11 is 0. The summed E-state index contributed by atoms with van der Waals surface area (Å²) in [5.74, 6) is -3.37. The Morgan fingerprint density at radius 3 is 2.32 bits per heavy atom. The van der Waals surface area contributed by atoms with Crippen molar-refractivity contribution in [3.8, 4) is 0 Å². The molecule has 9 N–H and O–H groups in total. The Kier molecular flexibility index (Phi) is 10.3. The molecule has 3 rings (SSSR count). The number of para-hydroxylation sites is 1. The van der Waals surface area contributed by atoms with Gasteiger partial charge in [0.05, 0.1) is 18.3 Å². The van der Waals surface area contributed by atoms with Gasteiger partial charge in [0.1, 0.15) is 24.2 Å². The Balaban J connectivity index is 1.91. The number of amides is 5. The number of benzene rings is 1. The van der Waals surface area contributed by atoms with Gasteiger partial charge in [0, 0.05) is 43.6 Å². The zero-order valence-electron chi connectivity index (χ0n) is 22.9. The maximum atomic E-state index is 13.6. The highest BCUT2D eigenvalue weighted by Gasteiger charge is 2.44. The second-order valence-corrected chi connectivity index (χ2v) is 10.0. The number of ether oxygens (including phenoxy) is 1. The number of hydrogen-bond donors (Lipinski definition) is 8. The molecule has 1 aliphatic rings. The number of carboxylic acid groups (broad SMARTS) is 1. The Morgan fingerprint density at radius 1 is 1.07 bits per heavy atom. The van der Waals surface area contributed by atoms with Crippen molar-refractivity contribution in [2.24, 2.45) is 5.73 Å².